The van der Waals surface area contributed by atoms with Crippen LogP contribution >= 0.6 is 12.2 Å². The molecule has 0 bridgehead atoms. The molecule has 0 amide bonds. The SMILES string of the molecule is CCOC(=O)C(C)Nc1nc2ccccc2cc1C(N)=S. The Morgan fingerprint density at radius 1 is 1.48 bits per heavy atom. The fourth-order valence-corrected chi connectivity index (χ4v) is 2.10. The first-order chi connectivity index (χ1) is 10.0. The van der Waals surface area contributed by atoms with Gasteiger partial charge in [0.25, 0.3) is 0 Å². The molecular weight excluding hydrogens is 286 g/mol. The first-order valence-electron chi connectivity index (χ1n) is 6.65. The van der Waals surface area contributed by atoms with Crippen molar-refractivity contribution in [3.8, 4) is 0 Å². The first kappa shape index (κ1) is 15.2. The van der Waals surface area contributed by atoms with Crippen LogP contribution in [0.15, 0.2) is 30.3 Å². The largest absolute Gasteiger partial charge is 0.464 e. The van der Waals surface area contributed by atoms with Gasteiger partial charge >= 0.3 is 5.97 Å². The lowest BCUT2D eigenvalue weighted by atomic mass is 10.1. The second kappa shape index (κ2) is 6.49. The summed E-state index contributed by atoms with van der Waals surface area (Å²) in [5.74, 6) is 0.142. The average Bonchev–Trinajstić information content (AvgIpc) is 2.46. The third kappa shape index (κ3) is 3.46. The third-order valence-corrected chi connectivity index (χ3v) is 3.20. The summed E-state index contributed by atoms with van der Waals surface area (Å²) in [6, 6.07) is 8.97. The molecule has 21 heavy (non-hydrogen) atoms. The van der Waals surface area contributed by atoms with Crippen molar-refractivity contribution in [1.82, 2.24) is 4.98 Å². The van der Waals surface area contributed by atoms with E-state index in [4.69, 9.17) is 22.7 Å². The first-order valence-corrected chi connectivity index (χ1v) is 7.06. The van der Waals surface area contributed by atoms with Gasteiger partial charge in [-0.2, -0.15) is 0 Å². The second-order valence-electron chi connectivity index (χ2n) is 4.56. The number of ether oxygens (including phenoxy) is 1. The quantitative estimate of drug-likeness (QED) is 0.651. The van der Waals surface area contributed by atoms with Gasteiger partial charge < -0.3 is 15.8 Å². The number of fused-ring (bicyclic) bond motifs is 1. The number of aromatic nitrogens is 1. The number of carbonyl (C=O) groups is 1. The molecule has 0 aliphatic heterocycles. The number of hydrogen-bond donors (Lipinski definition) is 2. The Labute approximate surface area is 128 Å². The molecule has 0 saturated heterocycles. The number of nitrogens with one attached hydrogen (secondary N) is 1. The van der Waals surface area contributed by atoms with Crippen LogP contribution in [0.5, 0.6) is 0 Å². The molecule has 1 unspecified atom stereocenters. The van der Waals surface area contributed by atoms with Crippen molar-refractivity contribution in [1.29, 1.82) is 0 Å². The van der Waals surface area contributed by atoms with Crippen molar-refractivity contribution in [2.24, 2.45) is 5.73 Å². The van der Waals surface area contributed by atoms with Gasteiger partial charge in [0.15, 0.2) is 0 Å². The summed E-state index contributed by atoms with van der Waals surface area (Å²) < 4.78 is 4.97. The van der Waals surface area contributed by atoms with Crippen LogP contribution in [0, 0.1) is 0 Å². The number of rotatable bonds is 5. The van der Waals surface area contributed by atoms with Gasteiger partial charge in [-0.1, -0.05) is 30.4 Å². The lowest BCUT2D eigenvalue weighted by Gasteiger charge is -2.16. The van der Waals surface area contributed by atoms with E-state index in [-0.39, 0.29) is 11.0 Å². The Bertz CT molecular complexity index is 688. The summed E-state index contributed by atoms with van der Waals surface area (Å²) in [5.41, 5.74) is 7.16. The molecule has 2 aromatic rings. The number of benzene rings is 1. The van der Waals surface area contributed by atoms with Crippen molar-refractivity contribution in [2.75, 3.05) is 11.9 Å². The van der Waals surface area contributed by atoms with E-state index in [9.17, 15) is 4.79 Å². The van der Waals surface area contributed by atoms with Crippen molar-refractivity contribution < 1.29 is 9.53 Å². The van der Waals surface area contributed by atoms with Gasteiger partial charge in [-0.15, -0.1) is 0 Å². The van der Waals surface area contributed by atoms with E-state index in [1.54, 1.807) is 13.8 Å². The molecule has 1 aromatic heterocycles. The zero-order valence-electron chi connectivity index (χ0n) is 11.9. The minimum Gasteiger partial charge on any atom is -0.464 e. The van der Waals surface area contributed by atoms with Crippen LogP contribution in [0.1, 0.15) is 19.4 Å². The molecular formula is C15H17N3O2S. The molecule has 1 atom stereocenters. The molecule has 3 N–H and O–H groups in total. The standard InChI is InChI=1S/C15H17N3O2S/c1-3-20-15(19)9(2)17-14-11(13(16)21)8-10-6-4-5-7-12(10)18-14/h4-9H,3H2,1-2H3,(H2,16,21)(H,17,18). The molecule has 110 valence electrons. The van der Waals surface area contributed by atoms with Crippen LogP contribution in [0.2, 0.25) is 0 Å². The number of nitrogens with two attached hydrogens (primary N) is 1. The van der Waals surface area contributed by atoms with Crippen LogP contribution in [0.3, 0.4) is 0 Å². The number of nitrogens with zero attached hydrogens (tertiary/aromatic N) is 1. The molecule has 1 aromatic carbocycles. The van der Waals surface area contributed by atoms with Gasteiger partial charge in [-0.25, -0.2) is 9.78 Å². The Balaban J connectivity index is 2.39. The van der Waals surface area contributed by atoms with Crippen LogP contribution in [-0.4, -0.2) is 28.6 Å². The number of hydrogen-bond acceptors (Lipinski definition) is 5. The molecule has 0 saturated carbocycles. The van der Waals surface area contributed by atoms with E-state index in [1.807, 2.05) is 30.3 Å². The van der Waals surface area contributed by atoms with Crippen LogP contribution in [0.25, 0.3) is 10.9 Å². The van der Waals surface area contributed by atoms with Gasteiger partial charge in [0, 0.05) is 5.39 Å². The van der Waals surface area contributed by atoms with Crippen LogP contribution in [-0.2, 0) is 9.53 Å². The summed E-state index contributed by atoms with van der Waals surface area (Å²) >= 11 is 5.06. The molecule has 0 fully saturated rings. The van der Waals surface area contributed by atoms with Crippen molar-refractivity contribution in [3.05, 3.63) is 35.9 Å². The highest BCUT2D eigenvalue weighted by atomic mass is 32.1. The van der Waals surface area contributed by atoms with E-state index in [1.165, 1.54) is 0 Å². The summed E-state index contributed by atoms with van der Waals surface area (Å²) in [6.07, 6.45) is 0. The van der Waals surface area contributed by atoms with Crippen LogP contribution in [0.4, 0.5) is 5.82 Å². The van der Waals surface area contributed by atoms with Gasteiger partial charge in [0.2, 0.25) is 0 Å². The summed E-state index contributed by atoms with van der Waals surface area (Å²) in [4.78, 5) is 16.4. The van der Waals surface area contributed by atoms with E-state index >= 15 is 0 Å². The normalized spacial score (nSPS) is 11.9. The number of carbonyl (C=O) groups excluding carboxylic acids is 1. The smallest absolute Gasteiger partial charge is 0.328 e. The Morgan fingerprint density at radius 3 is 2.86 bits per heavy atom. The van der Waals surface area contributed by atoms with Crippen molar-refractivity contribution in [2.45, 2.75) is 19.9 Å². The average molecular weight is 303 g/mol. The minimum atomic E-state index is -0.535. The number of thiocarbonyl (C=S) groups is 1. The van der Waals surface area contributed by atoms with Gasteiger partial charge in [0.05, 0.1) is 17.7 Å². The van der Waals surface area contributed by atoms with E-state index in [0.717, 1.165) is 10.9 Å². The fourth-order valence-electron chi connectivity index (χ4n) is 1.95. The fraction of sp³-hybridized carbons (Fsp3) is 0.267. The highest BCUT2D eigenvalue weighted by Gasteiger charge is 2.17. The highest BCUT2D eigenvalue weighted by Crippen LogP contribution is 2.21. The number of para-hydroxylation sites is 1. The predicted molar refractivity (Wildman–Crippen MR) is 87.3 cm³/mol. The zero-order chi connectivity index (χ0) is 15.4. The maximum absolute atomic E-state index is 11.7. The van der Waals surface area contributed by atoms with Crippen molar-refractivity contribution >= 4 is 39.9 Å². The molecule has 2 rings (SSSR count). The molecule has 0 spiro atoms. The molecule has 5 nitrogen and oxygen atoms in total. The molecule has 6 heteroatoms. The lowest BCUT2D eigenvalue weighted by molar-refractivity contribution is -0.143. The Kier molecular flexibility index (Phi) is 4.70. The third-order valence-electron chi connectivity index (χ3n) is 2.98. The summed E-state index contributed by atoms with van der Waals surface area (Å²) in [6.45, 7) is 3.80. The number of pyridine rings is 1. The lowest BCUT2D eigenvalue weighted by Crippen LogP contribution is -2.30. The van der Waals surface area contributed by atoms with Gasteiger partial charge in [-0.05, 0) is 26.0 Å². The minimum absolute atomic E-state index is 0.229. The predicted octanol–water partition coefficient (Wildman–Crippen LogP) is 2.23. The highest BCUT2D eigenvalue weighted by molar-refractivity contribution is 7.80. The maximum atomic E-state index is 11.7. The van der Waals surface area contributed by atoms with Crippen molar-refractivity contribution in [3.63, 3.8) is 0 Å². The van der Waals surface area contributed by atoms with E-state index in [2.05, 4.69) is 10.3 Å². The Morgan fingerprint density at radius 2 is 2.19 bits per heavy atom. The summed E-state index contributed by atoms with van der Waals surface area (Å²) in [5, 5.41) is 3.95. The molecule has 1 heterocycles. The second-order valence-corrected chi connectivity index (χ2v) is 5.00. The van der Waals surface area contributed by atoms with Crippen LogP contribution < -0.4 is 11.1 Å². The zero-order valence-corrected chi connectivity index (χ0v) is 12.7. The number of anilines is 1. The van der Waals surface area contributed by atoms with E-state index in [0.29, 0.717) is 18.0 Å². The summed E-state index contributed by atoms with van der Waals surface area (Å²) in [7, 11) is 0. The maximum Gasteiger partial charge on any atom is 0.328 e. The molecule has 0 aliphatic carbocycles. The molecule has 0 aliphatic rings. The topological polar surface area (TPSA) is 77.2 Å². The Hall–Kier alpha value is -2.21. The van der Waals surface area contributed by atoms with E-state index < -0.39 is 6.04 Å². The van der Waals surface area contributed by atoms with Gasteiger partial charge in [0.1, 0.15) is 16.8 Å². The number of esters is 1. The molecule has 0 radical (unpaired) electrons. The monoisotopic (exact) mass is 303 g/mol. The van der Waals surface area contributed by atoms with Gasteiger partial charge in [-0.3, -0.25) is 0 Å².